The highest BCUT2D eigenvalue weighted by atomic mass is 16.5. The van der Waals surface area contributed by atoms with Gasteiger partial charge in [0.15, 0.2) is 6.10 Å². The molecule has 1 amide bonds. The molecule has 0 aliphatic rings. The Morgan fingerprint density at radius 2 is 1.88 bits per heavy atom. The lowest BCUT2D eigenvalue weighted by Gasteiger charge is -2.20. The van der Waals surface area contributed by atoms with E-state index in [1.165, 1.54) is 0 Å². The van der Waals surface area contributed by atoms with Crippen LogP contribution < -0.4 is 16.0 Å². The minimum absolute atomic E-state index is 0.0600. The molecular formula is C12H18N2O2. The summed E-state index contributed by atoms with van der Waals surface area (Å²) in [7, 11) is 0. The number of hydrogen-bond donors (Lipinski definition) is 2. The summed E-state index contributed by atoms with van der Waals surface area (Å²) in [5.74, 6) is 5.53. The fourth-order valence-corrected chi connectivity index (χ4v) is 1.34. The van der Waals surface area contributed by atoms with Crippen molar-refractivity contribution in [3.63, 3.8) is 0 Å². The predicted molar refractivity (Wildman–Crippen MR) is 62.8 cm³/mol. The van der Waals surface area contributed by atoms with Gasteiger partial charge >= 0.3 is 0 Å². The molecule has 0 fully saturated rings. The van der Waals surface area contributed by atoms with E-state index in [1.807, 2.05) is 45.0 Å². The number of benzene rings is 1. The van der Waals surface area contributed by atoms with E-state index in [2.05, 4.69) is 5.43 Å². The molecule has 3 N–H and O–H groups in total. The number of rotatable bonds is 4. The Morgan fingerprint density at radius 1 is 1.31 bits per heavy atom. The number of ether oxygens (including phenoxy) is 1. The van der Waals surface area contributed by atoms with Crippen LogP contribution in [0.3, 0.4) is 0 Å². The second-order valence-electron chi connectivity index (χ2n) is 4.10. The second kappa shape index (κ2) is 5.51. The lowest BCUT2D eigenvalue weighted by Crippen LogP contribution is -2.44. The summed E-state index contributed by atoms with van der Waals surface area (Å²) < 4.78 is 5.59. The van der Waals surface area contributed by atoms with Crippen LogP contribution in [0.4, 0.5) is 0 Å². The van der Waals surface area contributed by atoms with Gasteiger partial charge in [-0.1, -0.05) is 31.5 Å². The number of hydrogen-bond acceptors (Lipinski definition) is 3. The average Bonchev–Trinajstić information content (AvgIpc) is 2.27. The SMILES string of the molecule is Cc1ccc(OC(C(=O)NN)C(C)C)cc1. The zero-order chi connectivity index (χ0) is 12.1. The molecule has 1 aromatic rings. The second-order valence-corrected chi connectivity index (χ2v) is 4.10. The molecule has 1 unspecified atom stereocenters. The maximum atomic E-state index is 11.5. The van der Waals surface area contributed by atoms with Crippen LogP contribution in [0.5, 0.6) is 5.75 Å². The quantitative estimate of drug-likeness (QED) is 0.459. The number of aryl methyl sites for hydroxylation is 1. The van der Waals surface area contributed by atoms with Crippen LogP contribution in [-0.2, 0) is 4.79 Å². The topological polar surface area (TPSA) is 64.3 Å². The first-order valence-electron chi connectivity index (χ1n) is 5.28. The van der Waals surface area contributed by atoms with Crippen LogP contribution in [0.25, 0.3) is 0 Å². The van der Waals surface area contributed by atoms with Gasteiger partial charge in [0.2, 0.25) is 0 Å². The number of nitrogens with one attached hydrogen (secondary N) is 1. The minimum atomic E-state index is -0.562. The van der Waals surface area contributed by atoms with Crippen molar-refractivity contribution in [2.75, 3.05) is 0 Å². The Labute approximate surface area is 95.8 Å². The molecule has 0 aromatic heterocycles. The Hall–Kier alpha value is -1.55. The number of hydrazine groups is 1. The molecule has 0 aliphatic carbocycles. The van der Waals surface area contributed by atoms with E-state index in [4.69, 9.17) is 10.6 Å². The molecule has 1 atom stereocenters. The summed E-state index contributed by atoms with van der Waals surface area (Å²) >= 11 is 0. The lowest BCUT2D eigenvalue weighted by atomic mass is 10.1. The van der Waals surface area contributed by atoms with Crippen molar-refractivity contribution in [3.8, 4) is 5.75 Å². The highest BCUT2D eigenvalue weighted by Crippen LogP contribution is 2.16. The molecule has 4 heteroatoms. The monoisotopic (exact) mass is 222 g/mol. The molecule has 1 aromatic carbocycles. The molecule has 0 heterocycles. The highest BCUT2D eigenvalue weighted by Gasteiger charge is 2.23. The van der Waals surface area contributed by atoms with E-state index in [1.54, 1.807) is 0 Å². The van der Waals surface area contributed by atoms with E-state index in [-0.39, 0.29) is 11.8 Å². The summed E-state index contributed by atoms with van der Waals surface area (Å²) in [5.41, 5.74) is 3.26. The van der Waals surface area contributed by atoms with Crippen molar-refractivity contribution in [3.05, 3.63) is 29.8 Å². The summed E-state index contributed by atoms with van der Waals surface area (Å²) in [6.45, 7) is 5.82. The first-order valence-corrected chi connectivity index (χ1v) is 5.28. The van der Waals surface area contributed by atoms with E-state index in [0.29, 0.717) is 5.75 Å². The van der Waals surface area contributed by atoms with Gasteiger partial charge in [-0.25, -0.2) is 5.84 Å². The van der Waals surface area contributed by atoms with Gasteiger partial charge in [-0.3, -0.25) is 10.2 Å². The molecule has 0 saturated heterocycles. The van der Waals surface area contributed by atoms with Crippen molar-refractivity contribution in [2.45, 2.75) is 26.9 Å². The standard InChI is InChI=1S/C12H18N2O2/c1-8(2)11(12(15)14-13)16-10-6-4-9(3)5-7-10/h4-8,11H,13H2,1-3H3,(H,14,15). The lowest BCUT2D eigenvalue weighted by molar-refractivity contribution is -0.129. The van der Waals surface area contributed by atoms with Crippen molar-refractivity contribution in [1.29, 1.82) is 0 Å². The zero-order valence-corrected chi connectivity index (χ0v) is 9.86. The fourth-order valence-electron chi connectivity index (χ4n) is 1.34. The molecule has 4 nitrogen and oxygen atoms in total. The maximum Gasteiger partial charge on any atom is 0.275 e. The first kappa shape index (κ1) is 12.5. The molecule has 0 radical (unpaired) electrons. The van der Waals surface area contributed by atoms with Gasteiger partial charge in [-0.15, -0.1) is 0 Å². The summed E-state index contributed by atoms with van der Waals surface area (Å²) in [6, 6.07) is 7.56. The molecule has 16 heavy (non-hydrogen) atoms. The normalized spacial score (nSPS) is 12.3. The fraction of sp³-hybridized carbons (Fsp3) is 0.417. The molecular weight excluding hydrogens is 204 g/mol. The van der Waals surface area contributed by atoms with Crippen LogP contribution in [0.1, 0.15) is 19.4 Å². The molecule has 88 valence electrons. The van der Waals surface area contributed by atoms with Gasteiger partial charge in [-0.2, -0.15) is 0 Å². The summed E-state index contributed by atoms with van der Waals surface area (Å²) in [4.78, 5) is 11.5. The smallest absolute Gasteiger partial charge is 0.275 e. The Kier molecular flexibility index (Phi) is 4.31. The third kappa shape index (κ3) is 3.24. The summed E-state index contributed by atoms with van der Waals surface area (Å²) in [6.07, 6.45) is -0.562. The number of carbonyl (C=O) groups is 1. The third-order valence-electron chi connectivity index (χ3n) is 2.29. The largest absolute Gasteiger partial charge is 0.480 e. The van der Waals surface area contributed by atoms with E-state index < -0.39 is 6.10 Å². The highest BCUT2D eigenvalue weighted by molar-refractivity contribution is 5.80. The Bertz CT molecular complexity index is 347. The van der Waals surface area contributed by atoms with Gasteiger partial charge in [0.25, 0.3) is 5.91 Å². The summed E-state index contributed by atoms with van der Waals surface area (Å²) in [5, 5.41) is 0. The van der Waals surface area contributed by atoms with E-state index in [0.717, 1.165) is 5.56 Å². The Morgan fingerprint density at radius 3 is 2.31 bits per heavy atom. The third-order valence-corrected chi connectivity index (χ3v) is 2.29. The number of carbonyl (C=O) groups excluding carboxylic acids is 1. The molecule has 0 spiro atoms. The molecule has 0 saturated carbocycles. The van der Waals surface area contributed by atoms with Gasteiger partial charge in [-0.05, 0) is 25.0 Å². The van der Waals surface area contributed by atoms with Crippen LogP contribution in [0.2, 0.25) is 0 Å². The van der Waals surface area contributed by atoms with Gasteiger partial charge in [0.1, 0.15) is 5.75 Å². The van der Waals surface area contributed by atoms with Crippen molar-refractivity contribution in [1.82, 2.24) is 5.43 Å². The van der Waals surface area contributed by atoms with Crippen LogP contribution in [0.15, 0.2) is 24.3 Å². The molecule has 1 rings (SSSR count). The number of amides is 1. The zero-order valence-electron chi connectivity index (χ0n) is 9.86. The average molecular weight is 222 g/mol. The van der Waals surface area contributed by atoms with E-state index in [9.17, 15) is 4.79 Å². The van der Waals surface area contributed by atoms with Gasteiger partial charge in [0, 0.05) is 0 Å². The first-order chi connectivity index (χ1) is 7.54. The maximum absolute atomic E-state index is 11.5. The van der Waals surface area contributed by atoms with Crippen molar-refractivity contribution in [2.24, 2.45) is 11.8 Å². The van der Waals surface area contributed by atoms with Crippen LogP contribution >= 0.6 is 0 Å². The van der Waals surface area contributed by atoms with Crippen molar-refractivity contribution < 1.29 is 9.53 Å². The van der Waals surface area contributed by atoms with Crippen molar-refractivity contribution >= 4 is 5.91 Å². The minimum Gasteiger partial charge on any atom is -0.480 e. The van der Waals surface area contributed by atoms with Gasteiger partial charge < -0.3 is 4.74 Å². The Balaban J connectivity index is 2.75. The van der Waals surface area contributed by atoms with E-state index >= 15 is 0 Å². The van der Waals surface area contributed by atoms with Gasteiger partial charge in [0.05, 0.1) is 0 Å². The predicted octanol–water partition coefficient (Wildman–Crippen LogP) is 1.39. The van der Waals surface area contributed by atoms with Crippen LogP contribution in [-0.4, -0.2) is 12.0 Å². The molecule has 0 aliphatic heterocycles. The van der Waals surface area contributed by atoms with Crippen LogP contribution in [0, 0.1) is 12.8 Å². The number of nitrogens with two attached hydrogens (primary N) is 1. The molecule has 0 bridgehead atoms.